The summed E-state index contributed by atoms with van der Waals surface area (Å²) in [5.74, 6) is 1.21. The van der Waals surface area contributed by atoms with E-state index in [1.165, 1.54) is 0 Å². The molecule has 0 bridgehead atoms. The Morgan fingerprint density at radius 2 is 1.88 bits per heavy atom. The van der Waals surface area contributed by atoms with Crippen LogP contribution in [-0.4, -0.2) is 9.97 Å². The minimum absolute atomic E-state index is 0.458. The normalized spacial score (nSPS) is 10.8. The number of rotatable bonds is 3. The Morgan fingerprint density at radius 3 is 2.47 bits per heavy atom. The Labute approximate surface area is 102 Å². The van der Waals surface area contributed by atoms with Crippen LogP contribution in [0.1, 0.15) is 30.9 Å². The van der Waals surface area contributed by atoms with Crippen molar-refractivity contribution < 1.29 is 0 Å². The lowest BCUT2D eigenvalue weighted by Gasteiger charge is -2.06. The van der Waals surface area contributed by atoms with Gasteiger partial charge in [-0.05, 0) is 23.1 Å². The summed E-state index contributed by atoms with van der Waals surface area (Å²) in [4.78, 5) is 8.79. The highest BCUT2D eigenvalue weighted by atomic mass is 14.9. The first kappa shape index (κ1) is 11.7. The highest BCUT2D eigenvalue weighted by molar-refractivity contribution is 5.55. The molecule has 0 saturated carbocycles. The van der Waals surface area contributed by atoms with Crippen LogP contribution in [0.5, 0.6) is 0 Å². The zero-order valence-electron chi connectivity index (χ0n) is 10.2. The highest BCUT2D eigenvalue weighted by Gasteiger charge is 2.04. The quantitative estimate of drug-likeness (QED) is 0.877. The maximum absolute atomic E-state index is 5.62. The number of hydrogen-bond acceptors (Lipinski definition) is 3. The van der Waals surface area contributed by atoms with E-state index in [4.69, 9.17) is 5.73 Å². The third-order valence-corrected chi connectivity index (χ3v) is 2.76. The third-order valence-electron chi connectivity index (χ3n) is 2.76. The van der Waals surface area contributed by atoms with E-state index in [9.17, 15) is 0 Å². The van der Waals surface area contributed by atoms with Gasteiger partial charge in [0.15, 0.2) is 5.82 Å². The lowest BCUT2D eigenvalue weighted by Crippen LogP contribution is -1.97. The van der Waals surface area contributed by atoms with Gasteiger partial charge in [-0.1, -0.05) is 32.0 Å². The molecule has 0 atom stereocenters. The highest BCUT2D eigenvalue weighted by Crippen LogP contribution is 2.18. The molecule has 0 radical (unpaired) electrons. The van der Waals surface area contributed by atoms with Crippen LogP contribution in [0.2, 0.25) is 0 Å². The Hall–Kier alpha value is -1.74. The fourth-order valence-corrected chi connectivity index (χ4v) is 1.62. The lowest BCUT2D eigenvalue weighted by molar-refractivity contribution is 0.847. The smallest absolute Gasteiger partial charge is 0.159 e. The standard InChI is InChI=1S/C14H17N3/c1-10(2)13-8-16-14(17-9-13)12-5-3-4-11(6-12)7-15/h3-6,8-10H,7,15H2,1-2H3. The molecule has 0 aliphatic carbocycles. The maximum Gasteiger partial charge on any atom is 0.159 e. The average molecular weight is 227 g/mol. The van der Waals surface area contributed by atoms with Crippen LogP contribution in [-0.2, 0) is 6.54 Å². The summed E-state index contributed by atoms with van der Waals surface area (Å²) < 4.78 is 0. The van der Waals surface area contributed by atoms with E-state index in [0.717, 1.165) is 22.5 Å². The van der Waals surface area contributed by atoms with Crippen LogP contribution >= 0.6 is 0 Å². The average Bonchev–Trinajstić information content (AvgIpc) is 2.39. The number of nitrogens with zero attached hydrogens (tertiary/aromatic N) is 2. The van der Waals surface area contributed by atoms with Crippen LogP contribution in [0.15, 0.2) is 36.7 Å². The van der Waals surface area contributed by atoms with Crippen molar-refractivity contribution >= 4 is 0 Å². The van der Waals surface area contributed by atoms with Crippen LogP contribution in [0, 0.1) is 0 Å². The van der Waals surface area contributed by atoms with Gasteiger partial charge in [-0.2, -0.15) is 0 Å². The van der Waals surface area contributed by atoms with Crippen molar-refractivity contribution in [1.29, 1.82) is 0 Å². The number of aromatic nitrogens is 2. The second-order valence-electron chi connectivity index (χ2n) is 4.40. The van der Waals surface area contributed by atoms with E-state index in [0.29, 0.717) is 12.5 Å². The van der Waals surface area contributed by atoms with Gasteiger partial charge in [0.25, 0.3) is 0 Å². The molecule has 3 nitrogen and oxygen atoms in total. The van der Waals surface area contributed by atoms with Crippen LogP contribution in [0.4, 0.5) is 0 Å². The molecule has 0 spiro atoms. The van der Waals surface area contributed by atoms with Crippen molar-refractivity contribution in [3.63, 3.8) is 0 Å². The van der Waals surface area contributed by atoms with Crippen LogP contribution < -0.4 is 5.73 Å². The first-order chi connectivity index (χ1) is 8.20. The van der Waals surface area contributed by atoms with E-state index >= 15 is 0 Å². The van der Waals surface area contributed by atoms with Gasteiger partial charge < -0.3 is 5.73 Å². The summed E-state index contributed by atoms with van der Waals surface area (Å²) in [5, 5.41) is 0. The minimum Gasteiger partial charge on any atom is -0.326 e. The molecule has 0 amide bonds. The fourth-order valence-electron chi connectivity index (χ4n) is 1.62. The molecular formula is C14H17N3. The van der Waals surface area contributed by atoms with E-state index in [1.807, 2.05) is 36.7 Å². The molecule has 2 rings (SSSR count). The summed E-state index contributed by atoms with van der Waals surface area (Å²) in [6, 6.07) is 8.02. The molecule has 0 aliphatic heterocycles. The molecular weight excluding hydrogens is 210 g/mol. The van der Waals surface area contributed by atoms with Crippen molar-refractivity contribution in [2.45, 2.75) is 26.3 Å². The van der Waals surface area contributed by atoms with Crippen molar-refractivity contribution in [1.82, 2.24) is 9.97 Å². The molecule has 1 aromatic carbocycles. The van der Waals surface area contributed by atoms with Crippen molar-refractivity contribution in [2.75, 3.05) is 0 Å². The van der Waals surface area contributed by atoms with Crippen molar-refractivity contribution in [3.05, 3.63) is 47.8 Å². The second-order valence-corrected chi connectivity index (χ2v) is 4.40. The van der Waals surface area contributed by atoms with E-state index < -0.39 is 0 Å². The molecule has 0 aliphatic rings. The molecule has 3 heteroatoms. The number of hydrogen-bond donors (Lipinski definition) is 1. The summed E-state index contributed by atoms with van der Waals surface area (Å²) in [5.41, 5.74) is 8.89. The van der Waals surface area contributed by atoms with E-state index in [1.54, 1.807) is 0 Å². The van der Waals surface area contributed by atoms with Crippen molar-refractivity contribution in [3.8, 4) is 11.4 Å². The lowest BCUT2D eigenvalue weighted by atomic mass is 10.1. The topological polar surface area (TPSA) is 51.8 Å². The Kier molecular flexibility index (Phi) is 3.49. The minimum atomic E-state index is 0.458. The first-order valence-corrected chi connectivity index (χ1v) is 5.82. The molecule has 88 valence electrons. The van der Waals surface area contributed by atoms with Gasteiger partial charge >= 0.3 is 0 Å². The second kappa shape index (κ2) is 5.06. The molecule has 1 aromatic heterocycles. The number of nitrogens with two attached hydrogens (primary N) is 1. The fraction of sp³-hybridized carbons (Fsp3) is 0.286. The van der Waals surface area contributed by atoms with Crippen molar-refractivity contribution in [2.24, 2.45) is 5.73 Å². The van der Waals surface area contributed by atoms with Crippen LogP contribution in [0.3, 0.4) is 0 Å². The van der Waals surface area contributed by atoms with E-state index in [2.05, 4.69) is 23.8 Å². The zero-order valence-corrected chi connectivity index (χ0v) is 10.2. The van der Waals surface area contributed by atoms with Gasteiger partial charge in [0, 0.05) is 24.5 Å². The SMILES string of the molecule is CC(C)c1cnc(-c2cccc(CN)c2)nc1. The predicted molar refractivity (Wildman–Crippen MR) is 69.4 cm³/mol. The van der Waals surface area contributed by atoms with Gasteiger partial charge in [-0.25, -0.2) is 9.97 Å². The molecule has 17 heavy (non-hydrogen) atoms. The maximum atomic E-state index is 5.62. The first-order valence-electron chi connectivity index (χ1n) is 5.82. The summed E-state index contributed by atoms with van der Waals surface area (Å²) >= 11 is 0. The summed E-state index contributed by atoms with van der Waals surface area (Å²) in [6.07, 6.45) is 3.78. The van der Waals surface area contributed by atoms with Gasteiger partial charge in [-0.15, -0.1) is 0 Å². The molecule has 0 unspecified atom stereocenters. The Bertz CT molecular complexity index is 489. The Morgan fingerprint density at radius 1 is 1.18 bits per heavy atom. The van der Waals surface area contributed by atoms with Gasteiger partial charge in [-0.3, -0.25) is 0 Å². The molecule has 0 saturated heterocycles. The summed E-state index contributed by atoms with van der Waals surface area (Å²) in [6.45, 7) is 4.80. The summed E-state index contributed by atoms with van der Waals surface area (Å²) in [7, 11) is 0. The largest absolute Gasteiger partial charge is 0.326 e. The monoisotopic (exact) mass is 227 g/mol. The number of benzene rings is 1. The molecule has 1 heterocycles. The van der Waals surface area contributed by atoms with Gasteiger partial charge in [0.2, 0.25) is 0 Å². The third kappa shape index (κ3) is 2.68. The predicted octanol–water partition coefficient (Wildman–Crippen LogP) is 2.73. The molecule has 0 fully saturated rings. The van der Waals surface area contributed by atoms with E-state index in [-0.39, 0.29) is 0 Å². The molecule has 2 aromatic rings. The Balaban J connectivity index is 2.32. The van der Waals surface area contributed by atoms with Gasteiger partial charge in [0.1, 0.15) is 0 Å². The zero-order chi connectivity index (χ0) is 12.3. The van der Waals surface area contributed by atoms with Gasteiger partial charge in [0.05, 0.1) is 0 Å². The molecule has 2 N–H and O–H groups in total. The van der Waals surface area contributed by atoms with Crippen LogP contribution in [0.25, 0.3) is 11.4 Å².